The highest BCUT2D eigenvalue weighted by Gasteiger charge is 2.40. The van der Waals surface area contributed by atoms with Crippen LogP contribution in [-0.2, 0) is 34.0 Å². The molecule has 43 heavy (non-hydrogen) atoms. The number of ether oxygens (including phenoxy) is 1. The van der Waals surface area contributed by atoms with E-state index in [0.717, 1.165) is 0 Å². The van der Waals surface area contributed by atoms with Gasteiger partial charge in [-0.1, -0.05) is 47.6 Å². The molecule has 0 spiro atoms. The number of imide groups is 1. The standard InChI is InChI=1S/C25H27FN4O7.3C2H6/c26-20-14(22(33)23(34)16(21(20)32)11-29-6-8-37-9-7-29)10-27-17-3-1-2-13-15(17)12-30(25(13)36)18-4-5-19(31)28-24(18)35;3*1-2/h1-3,18,27,32-34H,4-12H2,(H,28,31,35);3*1-2H3. The second-order valence-corrected chi connectivity index (χ2v) is 9.29. The van der Waals surface area contributed by atoms with E-state index >= 15 is 4.39 Å². The number of aromatic hydroxyl groups is 3. The van der Waals surface area contributed by atoms with Crippen LogP contribution in [0.3, 0.4) is 0 Å². The first-order valence-corrected chi connectivity index (χ1v) is 15.0. The van der Waals surface area contributed by atoms with Crippen LogP contribution in [-0.4, -0.2) is 75.2 Å². The van der Waals surface area contributed by atoms with Crippen molar-refractivity contribution in [2.24, 2.45) is 0 Å². The molecule has 0 aliphatic carbocycles. The van der Waals surface area contributed by atoms with E-state index in [1.807, 2.05) is 46.4 Å². The Morgan fingerprint density at radius 3 is 2.21 bits per heavy atom. The number of nitrogens with zero attached hydrogens (tertiary/aromatic N) is 2. The number of halogens is 1. The largest absolute Gasteiger partial charge is 0.504 e. The average Bonchev–Trinajstić information content (AvgIpc) is 3.38. The number of hydrogen-bond donors (Lipinski definition) is 5. The Labute approximate surface area is 252 Å². The smallest absolute Gasteiger partial charge is 0.255 e. The van der Waals surface area contributed by atoms with Gasteiger partial charge in [0.15, 0.2) is 23.1 Å². The van der Waals surface area contributed by atoms with E-state index in [1.54, 1.807) is 18.2 Å². The lowest BCUT2D eigenvalue weighted by Gasteiger charge is -2.29. The number of anilines is 1. The maximum Gasteiger partial charge on any atom is 0.255 e. The molecule has 3 aliphatic heterocycles. The van der Waals surface area contributed by atoms with Crippen molar-refractivity contribution < 1.29 is 38.8 Å². The third kappa shape index (κ3) is 7.74. The van der Waals surface area contributed by atoms with Crippen LogP contribution in [0, 0.1) is 5.82 Å². The first-order valence-electron chi connectivity index (χ1n) is 15.0. The summed E-state index contributed by atoms with van der Waals surface area (Å²) in [6, 6.07) is 4.13. The SMILES string of the molecule is CC.CC.CC.O=C1CCC(N2Cc3c(NCc4c(O)c(O)c(CN5CCOCC5)c(O)c4F)cccc3C2=O)C(=O)N1. The van der Waals surface area contributed by atoms with Gasteiger partial charge in [-0.15, -0.1) is 0 Å². The Hall–Kier alpha value is -3.90. The van der Waals surface area contributed by atoms with E-state index in [1.165, 1.54) is 4.90 Å². The molecule has 0 saturated carbocycles. The van der Waals surface area contributed by atoms with E-state index in [0.29, 0.717) is 43.1 Å². The van der Waals surface area contributed by atoms with Crippen molar-refractivity contribution >= 4 is 23.4 Å². The van der Waals surface area contributed by atoms with Crippen LogP contribution in [0.25, 0.3) is 0 Å². The van der Waals surface area contributed by atoms with Crippen LogP contribution in [0.5, 0.6) is 17.2 Å². The molecule has 0 radical (unpaired) electrons. The second kappa shape index (κ2) is 16.7. The lowest BCUT2D eigenvalue weighted by Crippen LogP contribution is -2.52. The normalized spacial score (nSPS) is 17.8. The summed E-state index contributed by atoms with van der Waals surface area (Å²) in [5.41, 5.74) is 0.979. The fourth-order valence-electron chi connectivity index (χ4n) is 5.01. The summed E-state index contributed by atoms with van der Waals surface area (Å²) in [5, 5.41) is 36.8. The highest BCUT2D eigenvalue weighted by atomic mass is 19.1. The third-order valence-corrected chi connectivity index (χ3v) is 7.08. The fourth-order valence-corrected chi connectivity index (χ4v) is 5.01. The van der Waals surface area contributed by atoms with Gasteiger partial charge in [-0.3, -0.25) is 24.6 Å². The molecule has 12 heteroatoms. The summed E-state index contributed by atoms with van der Waals surface area (Å²) in [7, 11) is 0. The first-order chi connectivity index (χ1) is 20.8. The summed E-state index contributed by atoms with van der Waals surface area (Å²) in [6.07, 6.45) is 0.357. The fraction of sp³-hybridized carbons (Fsp3) is 0.516. The van der Waals surface area contributed by atoms with Crippen LogP contribution >= 0.6 is 0 Å². The Bertz CT molecular complexity index is 1250. The molecule has 0 aromatic heterocycles. The van der Waals surface area contributed by atoms with Crippen molar-refractivity contribution in [3.05, 3.63) is 46.3 Å². The zero-order chi connectivity index (χ0) is 32.3. The molecule has 11 nitrogen and oxygen atoms in total. The predicted molar refractivity (Wildman–Crippen MR) is 161 cm³/mol. The minimum absolute atomic E-state index is 0.0453. The topological polar surface area (TPSA) is 152 Å². The van der Waals surface area contributed by atoms with Crippen molar-refractivity contribution in [2.45, 2.75) is 80.1 Å². The molecule has 3 amide bonds. The van der Waals surface area contributed by atoms with Gasteiger partial charge in [0.1, 0.15) is 6.04 Å². The van der Waals surface area contributed by atoms with Gasteiger partial charge in [0, 0.05) is 56.0 Å². The van der Waals surface area contributed by atoms with Gasteiger partial charge in [0.05, 0.1) is 24.3 Å². The molecule has 238 valence electrons. The number of carbonyl (C=O) groups excluding carboxylic acids is 3. The molecule has 5 N–H and O–H groups in total. The van der Waals surface area contributed by atoms with Crippen LogP contribution < -0.4 is 10.6 Å². The van der Waals surface area contributed by atoms with Gasteiger partial charge in [-0.05, 0) is 18.6 Å². The molecule has 2 saturated heterocycles. The monoisotopic (exact) mass is 604 g/mol. The van der Waals surface area contributed by atoms with Crippen molar-refractivity contribution in [1.82, 2.24) is 15.1 Å². The number of piperidine rings is 1. The summed E-state index contributed by atoms with van der Waals surface area (Å²) in [5.74, 6) is -4.33. The molecular formula is C31H45FN4O7. The van der Waals surface area contributed by atoms with Gasteiger partial charge >= 0.3 is 0 Å². The number of morpholine rings is 1. The zero-order valence-corrected chi connectivity index (χ0v) is 25.9. The van der Waals surface area contributed by atoms with Gasteiger partial charge in [-0.25, -0.2) is 4.39 Å². The molecule has 2 fully saturated rings. The van der Waals surface area contributed by atoms with Crippen molar-refractivity contribution in [3.8, 4) is 17.2 Å². The number of phenols is 3. The summed E-state index contributed by atoms with van der Waals surface area (Å²) in [4.78, 5) is 40.1. The Morgan fingerprint density at radius 2 is 1.58 bits per heavy atom. The number of hydrogen-bond acceptors (Lipinski definition) is 9. The number of amides is 3. The van der Waals surface area contributed by atoms with Crippen LogP contribution in [0.1, 0.15) is 81.4 Å². The number of nitrogens with one attached hydrogen (secondary N) is 2. The van der Waals surface area contributed by atoms with Crippen molar-refractivity contribution in [2.75, 3.05) is 31.6 Å². The quantitative estimate of drug-likeness (QED) is 0.185. The van der Waals surface area contributed by atoms with Crippen LogP contribution in [0.15, 0.2) is 18.2 Å². The lowest BCUT2D eigenvalue weighted by molar-refractivity contribution is -0.136. The maximum absolute atomic E-state index is 15.1. The number of carbonyl (C=O) groups is 3. The van der Waals surface area contributed by atoms with E-state index in [4.69, 9.17) is 4.74 Å². The van der Waals surface area contributed by atoms with Crippen molar-refractivity contribution in [1.29, 1.82) is 0 Å². The molecular weight excluding hydrogens is 559 g/mol. The van der Waals surface area contributed by atoms with E-state index < -0.39 is 35.0 Å². The molecule has 1 unspecified atom stereocenters. The zero-order valence-electron chi connectivity index (χ0n) is 25.9. The number of rotatable bonds is 6. The van der Waals surface area contributed by atoms with Crippen molar-refractivity contribution in [3.63, 3.8) is 0 Å². The molecule has 2 aromatic carbocycles. The predicted octanol–water partition coefficient (Wildman–Crippen LogP) is 4.23. The molecule has 3 heterocycles. The van der Waals surface area contributed by atoms with Gasteiger partial charge in [-0.2, -0.15) is 0 Å². The second-order valence-electron chi connectivity index (χ2n) is 9.29. The van der Waals surface area contributed by atoms with Gasteiger partial charge in [0.2, 0.25) is 11.8 Å². The minimum Gasteiger partial charge on any atom is -0.504 e. The molecule has 0 bridgehead atoms. The molecule has 1 atom stereocenters. The van der Waals surface area contributed by atoms with Gasteiger partial charge < -0.3 is 30.3 Å². The minimum atomic E-state index is -1.06. The van der Waals surface area contributed by atoms with Gasteiger partial charge in [0.25, 0.3) is 5.91 Å². The van der Waals surface area contributed by atoms with E-state index in [9.17, 15) is 29.7 Å². The first kappa shape index (κ1) is 35.3. The molecule has 5 rings (SSSR count). The number of benzene rings is 2. The Balaban J connectivity index is 0.00000101. The van der Waals surface area contributed by atoms with Crippen LogP contribution in [0.2, 0.25) is 0 Å². The summed E-state index contributed by atoms with van der Waals surface area (Å²) >= 11 is 0. The lowest BCUT2D eigenvalue weighted by atomic mass is 10.0. The van der Waals surface area contributed by atoms with Crippen LogP contribution in [0.4, 0.5) is 10.1 Å². The Morgan fingerprint density at radius 1 is 0.953 bits per heavy atom. The Kier molecular flexibility index (Phi) is 13.7. The third-order valence-electron chi connectivity index (χ3n) is 7.08. The maximum atomic E-state index is 15.1. The summed E-state index contributed by atoms with van der Waals surface area (Å²) < 4.78 is 20.4. The molecule has 2 aromatic rings. The number of fused-ring (bicyclic) bond motifs is 1. The summed E-state index contributed by atoms with van der Waals surface area (Å²) in [6.45, 7) is 13.9. The average molecular weight is 605 g/mol. The highest BCUT2D eigenvalue weighted by Crippen LogP contribution is 2.43. The molecule has 3 aliphatic rings. The van der Waals surface area contributed by atoms with E-state index in [2.05, 4.69) is 10.6 Å². The number of phenolic OH excluding ortho intramolecular Hbond substituents is 3. The highest BCUT2D eigenvalue weighted by molar-refractivity contribution is 6.06. The van der Waals surface area contributed by atoms with E-state index in [-0.39, 0.29) is 55.4 Å².